The molecule has 286 valence electrons. The van der Waals surface area contributed by atoms with Gasteiger partial charge < -0.3 is 40.1 Å². The monoisotopic (exact) mass is 721 g/mol. The van der Waals surface area contributed by atoms with Crippen LogP contribution in [-0.2, 0) is 20.9 Å². The van der Waals surface area contributed by atoms with Crippen molar-refractivity contribution in [2.24, 2.45) is 29.1 Å². The van der Waals surface area contributed by atoms with Gasteiger partial charge in [0.15, 0.2) is 0 Å². The van der Waals surface area contributed by atoms with Crippen LogP contribution < -0.4 is 20.3 Å². The van der Waals surface area contributed by atoms with E-state index >= 15 is 0 Å². The normalized spacial score (nSPS) is 29.0. The number of anilines is 1. The number of morpholine rings is 1. The Balaban J connectivity index is 1.30. The number of nitrogens with zero attached hydrogens (tertiary/aromatic N) is 3. The first-order valence-corrected chi connectivity index (χ1v) is 18.9. The maximum absolute atomic E-state index is 14.3. The predicted molar refractivity (Wildman–Crippen MR) is 200 cm³/mol. The molecule has 2 saturated heterocycles. The van der Waals surface area contributed by atoms with Gasteiger partial charge in [0.25, 0.3) is 5.91 Å². The van der Waals surface area contributed by atoms with E-state index in [2.05, 4.69) is 42.4 Å². The molecule has 2 bridgehead atoms. The van der Waals surface area contributed by atoms with Gasteiger partial charge in [-0.05, 0) is 80.8 Å². The Bertz CT molecular complexity index is 1580. The third kappa shape index (κ3) is 7.69. The Hall–Kier alpha value is -3.26. The summed E-state index contributed by atoms with van der Waals surface area (Å²) in [6, 6.07) is 11.0. The smallest absolute Gasteiger partial charge is 0.251 e. The standard InChI is InChI=1S/C40H59N5O7/c1-24-32-20-29(40(32,3)4)21-33(24)42-39(49)36-35(25(2)47)34(23-46)52-45(36)22-26-9-8-10-31(37(26)50-7)27-17-28(38(48)41-11-12-43(5)6)19-30(18-27)44-13-15-51-16-14-44/h8-10,17-19,24-25,29,32-36,46-47H,11-16,20-23H2,1-7H3,(H,41,48)(H,42,49)/t24-,25-,29+,32-,33-,34-,35+,36-/m0/s1. The van der Waals surface area contributed by atoms with E-state index in [-0.39, 0.29) is 36.4 Å². The van der Waals surface area contributed by atoms with Crippen LogP contribution in [0.1, 0.15) is 56.5 Å². The lowest BCUT2D eigenvalue weighted by molar-refractivity contribution is -0.183. The molecule has 52 heavy (non-hydrogen) atoms. The number of carbonyl (C=O) groups is 2. The average Bonchev–Trinajstić information content (AvgIpc) is 3.50. The minimum Gasteiger partial charge on any atom is -0.496 e. The number of methoxy groups -OCH3 is 1. The summed E-state index contributed by atoms with van der Waals surface area (Å²) >= 11 is 0. The number of hydrogen-bond donors (Lipinski definition) is 4. The van der Waals surface area contributed by atoms with E-state index in [1.165, 1.54) is 6.42 Å². The quantitative estimate of drug-likeness (QED) is 0.244. The van der Waals surface area contributed by atoms with Gasteiger partial charge in [-0.15, -0.1) is 0 Å². The SMILES string of the molecule is COc1c(CN2O[C@@H](CO)[C@@H]([C@H](C)O)[C@H]2C(=O)N[C@H]2C[C@H]3C[C@@H]([C@@H]2C)C3(C)C)cccc1-c1cc(C(=O)NCCN(C)C)cc(N2CCOCC2)c1. The van der Waals surface area contributed by atoms with E-state index in [0.29, 0.717) is 61.9 Å². The number of benzene rings is 2. The number of likely N-dealkylation sites (N-methyl/N-ethyl adjacent to an activating group) is 1. The number of rotatable bonds is 13. The summed E-state index contributed by atoms with van der Waals surface area (Å²) in [5, 5.41) is 29.3. The summed E-state index contributed by atoms with van der Waals surface area (Å²) in [5.41, 5.74) is 4.14. The van der Waals surface area contributed by atoms with Crippen LogP contribution in [0, 0.1) is 29.1 Å². The Kier molecular flexibility index (Phi) is 11.8. The van der Waals surface area contributed by atoms with Gasteiger partial charge in [0.1, 0.15) is 17.9 Å². The Morgan fingerprint density at radius 1 is 1.13 bits per heavy atom. The summed E-state index contributed by atoms with van der Waals surface area (Å²) in [6.45, 7) is 12.3. The molecule has 2 heterocycles. The van der Waals surface area contributed by atoms with Crippen LogP contribution in [0.2, 0.25) is 0 Å². The Morgan fingerprint density at radius 3 is 2.52 bits per heavy atom. The molecule has 7 rings (SSSR count). The first kappa shape index (κ1) is 38.5. The highest BCUT2D eigenvalue weighted by Crippen LogP contribution is 2.61. The molecule has 4 N–H and O–H groups in total. The fourth-order valence-corrected chi connectivity index (χ4v) is 9.23. The number of ether oxygens (including phenoxy) is 2. The lowest BCUT2D eigenvalue weighted by Gasteiger charge is -2.62. The number of fused-ring (bicyclic) bond motifs is 2. The van der Waals surface area contributed by atoms with Gasteiger partial charge in [-0.2, -0.15) is 5.06 Å². The Morgan fingerprint density at radius 2 is 1.88 bits per heavy atom. The number of aliphatic hydroxyl groups excluding tert-OH is 2. The second kappa shape index (κ2) is 16.0. The number of hydroxylamine groups is 2. The molecule has 5 fully saturated rings. The molecule has 8 atom stereocenters. The number of amides is 2. The van der Waals surface area contributed by atoms with Gasteiger partial charge in [-0.25, -0.2) is 0 Å². The molecule has 2 aromatic carbocycles. The highest BCUT2D eigenvalue weighted by Gasteiger charge is 2.57. The van der Waals surface area contributed by atoms with Crippen molar-refractivity contribution in [3.63, 3.8) is 0 Å². The highest BCUT2D eigenvalue weighted by atomic mass is 16.7. The number of hydrogen-bond acceptors (Lipinski definition) is 10. The molecule has 5 aliphatic rings. The van der Waals surface area contributed by atoms with Gasteiger partial charge in [0.05, 0.1) is 39.6 Å². The van der Waals surface area contributed by atoms with Crippen molar-refractivity contribution >= 4 is 17.5 Å². The molecule has 12 nitrogen and oxygen atoms in total. The highest BCUT2D eigenvalue weighted by molar-refractivity contribution is 5.97. The van der Waals surface area contributed by atoms with Crippen molar-refractivity contribution in [2.45, 2.75) is 71.4 Å². The zero-order valence-corrected chi connectivity index (χ0v) is 31.9. The third-order valence-electron chi connectivity index (χ3n) is 12.4. The molecular weight excluding hydrogens is 662 g/mol. The molecule has 2 aromatic rings. The van der Waals surface area contributed by atoms with Crippen LogP contribution >= 0.6 is 0 Å². The Labute approximate surface area is 308 Å². The van der Waals surface area contributed by atoms with E-state index in [1.54, 1.807) is 19.1 Å². The minimum absolute atomic E-state index is 0.0415. The number of aliphatic hydroxyl groups is 2. The summed E-state index contributed by atoms with van der Waals surface area (Å²) in [7, 11) is 5.56. The summed E-state index contributed by atoms with van der Waals surface area (Å²) in [5.74, 6) is 1.07. The van der Waals surface area contributed by atoms with Crippen LogP contribution in [0.4, 0.5) is 5.69 Å². The van der Waals surface area contributed by atoms with Gasteiger partial charge in [-0.3, -0.25) is 14.4 Å². The van der Waals surface area contributed by atoms with Gasteiger partial charge in [0.2, 0.25) is 5.91 Å². The van der Waals surface area contributed by atoms with Crippen LogP contribution in [-0.4, -0.2) is 123 Å². The van der Waals surface area contributed by atoms with E-state index in [0.717, 1.165) is 35.3 Å². The largest absolute Gasteiger partial charge is 0.496 e. The molecule has 0 spiro atoms. The number of nitrogens with one attached hydrogen (secondary N) is 2. The van der Waals surface area contributed by atoms with Crippen molar-refractivity contribution in [2.75, 3.05) is 72.1 Å². The molecule has 0 unspecified atom stereocenters. The van der Waals surface area contributed by atoms with Crippen molar-refractivity contribution in [1.29, 1.82) is 0 Å². The average molecular weight is 722 g/mol. The molecular formula is C40H59N5O7. The topological polar surface area (TPSA) is 136 Å². The molecule has 0 radical (unpaired) electrons. The summed E-state index contributed by atoms with van der Waals surface area (Å²) < 4.78 is 11.7. The first-order valence-electron chi connectivity index (χ1n) is 18.9. The maximum Gasteiger partial charge on any atom is 0.251 e. The fourth-order valence-electron chi connectivity index (χ4n) is 9.23. The molecule has 3 saturated carbocycles. The second-order valence-corrected chi connectivity index (χ2v) is 16.2. The lowest BCUT2D eigenvalue weighted by atomic mass is 9.45. The second-order valence-electron chi connectivity index (χ2n) is 16.2. The van der Waals surface area contributed by atoms with Gasteiger partial charge >= 0.3 is 0 Å². The molecule has 12 heteroatoms. The fraction of sp³-hybridized carbons (Fsp3) is 0.650. The van der Waals surface area contributed by atoms with Crippen LogP contribution in [0.25, 0.3) is 11.1 Å². The van der Waals surface area contributed by atoms with Crippen LogP contribution in [0.3, 0.4) is 0 Å². The lowest BCUT2D eigenvalue weighted by Crippen LogP contribution is -2.62. The predicted octanol–water partition coefficient (Wildman–Crippen LogP) is 3.15. The van der Waals surface area contributed by atoms with E-state index in [9.17, 15) is 19.8 Å². The van der Waals surface area contributed by atoms with Gasteiger partial charge in [0, 0.05) is 60.5 Å². The number of carbonyl (C=O) groups excluding carboxylic acids is 2. The summed E-state index contributed by atoms with van der Waals surface area (Å²) in [6.07, 6.45) is 0.491. The van der Waals surface area contributed by atoms with Crippen molar-refractivity contribution in [3.05, 3.63) is 47.5 Å². The van der Waals surface area contributed by atoms with Gasteiger partial charge in [-0.1, -0.05) is 39.0 Å². The van der Waals surface area contributed by atoms with E-state index in [4.69, 9.17) is 14.3 Å². The van der Waals surface area contributed by atoms with Crippen LogP contribution in [0.15, 0.2) is 36.4 Å². The molecule has 2 amide bonds. The van der Waals surface area contributed by atoms with E-state index < -0.39 is 24.2 Å². The summed E-state index contributed by atoms with van der Waals surface area (Å²) in [4.78, 5) is 38.2. The zero-order chi connectivity index (χ0) is 37.3. The minimum atomic E-state index is -0.896. The molecule has 2 aliphatic heterocycles. The van der Waals surface area contributed by atoms with Crippen molar-refractivity contribution in [1.82, 2.24) is 20.6 Å². The third-order valence-corrected chi connectivity index (χ3v) is 12.4. The van der Waals surface area contributed by atoms with Crippen LogP contribution in [0.5, 0.6) is 5.75 Å². The first-order chi connectivity index (χ1) is 24.8. The molecule has 3 aliphatic carbocycles. The number of para-hydroxylation sites is 1. The molecule has 0 aromatic heterocycles. The van der Waals surface area contributed by atoms with E-state index in [1.807, 2.05) is 49.3 Å². The maximum atomic E-state index is 14.3. The zero-order valence-electron chi connectivity index (χ0n) is 31.9. The van der Waals surface area contributed by atoms with Crippen molar-refractivity contribution < 1.29 is 34.1 Å². The van der Waals surface area contributed by atoms with Crippen molar-refractivity contribution in [3.8, 4) is 16.9 Å².